The molecule has 0 amide bonds. The first-order valence-corrected chi connectivity index (χ1v) is 9.92. The molecule has 0 spiro atoms. The van der Waals surface area contributed by atoms with Crippen LogP contribution in [0, 0.1) is 0 Å². The van der Waals surface area contributed by atoms with Crippen LogP contribution in [0.1, 0.15) is 44.5 Å². The van der Waals surface area contributed by atoms with Crippen LogP contribution < -0.4 is 10.6 Å². The summed E-state index contributed by atoms with van der Waals surface area (Å²) in [5.74, 6) is 0.891. The van der Waals surface area contributed by atoms with Crippen LogP contribution in [0.4, 0.5) is 0 Å². The molecule has 154 valence electrons. The van der Waals surface area contributed by atoms with Crippen LogP contribution in [0.25, 0.3) is 0 Å². The van der Waals surface area contributed by atoms with Crippen molar-refractivity contribution in [2.75, 3.05) is 39.9 Å². The third kappa shape index (κ3) is 6.05. The summed E-state index contributed by atoms with van der Waals surface area (Å²) in [5.41, 5.74) is 2.64. The number of nitrogens with zero attached hydrogens (tertiary/aromatic N) is 4. The Bertz CT molecular complexity index is 617. The molecule has 27 heavy (non-hydrogen) atoms. The molecule has 2 atom stereocenters. The van der Waals surface area contributed by atoms with Gasteiger partial charge in [-0.1, -0.05) is 0 Å². The molecule has 0 radical (unpaired) electrons. The molecular formula is C19H35IN6O. The Hall–Kier alpha value is -0.870. The number of nitrogens with one attached hydrogen (secondary N) is 2. The first-order valence-electron chi connectivity index (χ1n) is 9.92. The van der Waals surface area contributed by atoms with E-state index in [4.69, 9.17) is 9.84 Å². The molecule has 1 fully saturated rings. The highest BCUT2D eigenvalue weighted by Gasteiger charge is 2.23. The number of ether oxygens (including phenoxy) is 1. The van der Waals surface area contributed by atoms with Gasteiger partial charge in [-0.3, -0.25) is 14.6 Å². The standard InChI is InChI=1S/C19H34N6O.HI/c1-14(2)25-12-16-5-6-17(11-18(16)23-25)22-19(20-4)21-7-8-24-9-10-26-13-15(24)3;/h12,14-15,17H,5-11,13H2,1-4H3,(H2,20,21,22);1H. The lowest BCUT2D eigenvalue weighted by atomic mass is 9.94. The molecule has 8 heteroatoms. The maximum absolute atomic E-state index is 5.50. The molecule has 7 nitrogen and oxygen atoms in total. The van der Waals surface area contributed by atoms with Gasteiger partial charge in [0.2, 0.25) is 0 Å². The van der Waals surface area contributed by atoms with E-state index in [0.29, 0.717) is 18.1 Å². The molecule has 2 N–H and O–H groups in total. The lowest BCUT2D eigenvalue weighted by Crippen LogP contribution is -2.50. The summed E-state index contributed by atoms with van der Waals surface area (Å²) in [4.78, 5) is 6.87. The number of rotatable bonds is 5. The van der Waals surface area contributed by atoms with Crippen molar-refractivity contribution >= 4 is 29.9 Å². The minimum atomic E-state index is 0. The van der Waals surface area contributed by atoms with E-state index in [1.54, 1.807) is 0 Å². The lowest BCUT2D eigenvalue weighted by Gasteiger charge is -2.33. The number of hydrogen-bond acceptors (Lipinski definition) is 4. The Morgan fingerprint density at radius 2 is 2.26 bits per heavy atom. The van der Waals surface area contributed by atoms with Crippen LogP contribution in [0.2, 0.25) is 0 Å². The van der Waals surface area contributed by atoms with E-state index in [9.17, 15) is 0 Å². The first-order chi connectivity index (χ1) is 12.6. The van der Waals surface area contributed by atoms with Gasteiger partial charge in [0, 0.05) is 57.4 Å². The van der Waals surface area contributed by atoms with Gasteiger partial charge in [0.15, 0.2) is 5.96 Å². The van der Waals surface area contributed by atoms with Crippen LogP contribution in [0.5, 0.6) is 0 Å². The molecule has 1 aromatic rings. The highest BCUT2D eigenvalue weighted by atomic mass is 127. The monoisotopic (exact) mass is 490 g/mol. The summed E-state index contributed by atoms with van der Waals surface area (Å²) in [6.45, 7) is 11.2. The Kier molecular flexibility index (Phi) is 8.81. The molecule has 2 unspecified atom stereocenters. The summed E-state index contributed by atoms with van der Waals surface area (Å²) >= 11 is 0. The average molecular weight is 490 g/mol. The second-order valence-electron chi connectivity index (χ2n) is 7.72. The zero-order valence-corrected chi connectivity index (χ0v) is 19.4. The third-order valence-electron chi connectivity index (χ3n) is 5.39. The van der Waals surface area contributed by atoms with Crippen molar-refractivity contribution in [2.24, 2.45) is 4.99 Å². The fraction of sp³-hybridized carbons (Fsp3) is 0.789. The van der Waals surface area contributed by atoms with Crippen molar-refractivity contribution < 1.29 is 4.74 Å². The van der Waals surface area contributed by atoms with E-state index in [1.807, 2.05) is 7.05 Å². The molecule has 3 rings (SSSR count). The fourth-order valence-corrected chi connectivity index (χ4v) is 3.70. The highest BCUT2D eigenvalue weighted by molar-refractivity contribution is 14.0. The molecule has 0 aromatic carbocycles. The zero-order chi connectivity index (χ0) is 18.5. The largest absolute Gasteiger partial charge is 0.379 e. The minimum Gasteiger partial charge on any atom is -0.379 e. The summed E-state index contributed by atoms with van der Waals surface area (Å²) in [6, 6.07) is 1.31. The van der Waals surface area contributed by atoms with Crippen LogP contribution in [-0.2, 0) is 17.6 Å². The first kappa shape index (κ1) is 22.4. The quantitative estimate of drug-likeness (QED) is 0.375. The van der Waals surface area contributed by atoms with Crippen LogP contribution in [-0.4, -0.2) is 72.6 Å². The topological polar surface area (TPSA) is 66.7 Å². The molecule has 2 heterocycles. The van der Waals surface area contributed by atoms with Gasteiger partial charge in [-0.25, -0.2) is 0 Å². The van der Waals surface area contributed by atoms with Gasteiger partial charge in [-0.15, -0.1) is 24.0 Å². The number of hydrogen-bond donors (Lipinski definition) is 2. The summed E-state index contributed by atoms with van der Waals surface area (Å²) in [7, 11) is 1.84. The molecule has 1 aromatic heterocycles. The maximum Gasteiger partial charge on any atom is 0.191 e. The van der Waals surface area contributed by atoms with Gasteiger partial charge in [0.25, 0.3) is 0 Å². The predicted molar refractivity (Wildman–Crippen MR) is 120 cm³/mol. The Morgan fingerprint density at radius 3 is 2.96 bits per heavy atom. The van der Waals surface area contributed by atoms with Gasteiger partial charge < -0.3 is 15.4 Å². The third-order valence-corrected chi connectivity index (χ3v) is 5.39. The van der Waals surface area contributed by atoms with Crippen LogP contribution in [0.15, 0.2) is 11.2 Å². The number of guanidine groups is 1. The molecule has 0 saturated carbocycles. The van der Waals surface area contributed by atoms with Crippen molar-refractivity contribution in [2.45, 2.75) is 58.2 Å². The lowest BCUT2D eigenvalue weighted by molar-refractivity contribution is 0.000876. The smallest absolute Gasteiger partial charge is 0.191 e. The van der Waals surface area contributed by atoms with E-state index in [2.05, 4.69) is 52.2 Å². The van der Waals surface area contributed by atoms with Crippen molar-refractivity contribution in [1.29, 1.82) is 0 Å². The van der Waals surface area contributed by atoms with Crippen molar-refractivity contribution in [3.63, 3.8) is 0 Å². The number of aromatic nitrogens is 2. The van der Waals surface area contributed by atoms with Gasteiger partial charge in [0.05, 0.1) is 18.9 Å². The molecular weight excluding hydrogens is 455 g/mol. The normalized spacial score (nSPS) is 23.7. The SMILES string of the molecule is CN=C(NCCN1CCOCC1C)NC1CCc2cn(C(C)C)nc2C1.I. The molecule has 1 aliphatic carbocycles. The van der Waals surface area contributed by atoms with Gasteiger partial charge >= 0.3 is 0 Å². The van der Waals surface area contributed by atoms with Crippen LogP contribution >= 0.6 is 24.0 Å². The van der Waals surface area contributed by atoms with Gasteiger partial charge in [-0.2, -0.15) is 5.10 Å². The number of morpholine rings is 1. The number of aliphatic imine (C=N–C) groups is 1. The Morgan fingerprint density at radius 1 is 1.44 bits per heavy atom. The highest BCUT2D eigenvalue weighted by Crippen LogP contribution is 2.21. The van der Waals surface area contributed by atoms with Crippen molar-refractivity contribution in [3.8, 4) is 0 Å². The molecule has 1 aliphatic heterocycles. The van der Waals surface area contributed by atoms with E-state index in [1.165, 1.54) is 11.3 Å². The predicted octanol–water partition coefficient (Wildman–Crippen LogP) is 1.83. The number of halogens is 1. The average Bonchev–Trinajstić information content (AvgIpc) is 3.06. The maximum atomic E-state index is 5.50. The minimum absolute atomic E-state index is 0. The van der Waals surface area contributed by atoms with E-state index in [0.717, 1.165) is 58.1 Å². The van der Waals surface area contributed by atoms with Gasteiger partial charge in [-0.05, 0) is 39.2 Å². The molecule has 0 bridgehead atoms. The second kappa shape index (κ2) is 10.6. The van der Waals surface area contributed by atoms with Crippen molar-refractivity contribution in [3.05, 3.63) is 17.5 Å². The second-order valence-corrected chi connectivity index (χ2v) is 7.72. The summed E-state index contributed by atoms with van der Waals surface area (Å²) in [5, 5.41) is 11.8. The van der Waals surface area contributed by atoms with Crippen molar-refractivity contribution in [1.82, 2.24) is 25.3 Å². The van der Waals surface area contributed by atoms with Gasteiger partial charge in [0.1, 0.15) is 0 Å². The number of aryl methyl sites for hydroxylation is 1. The van der Waals surface area contributed by atoms with E-state index in [-0.39, 0.29) is 24.0 Å². The number of fused-ring (bicyclic) bond motifs is 1. The Balaban J connectivity index is 0.00000261. The van der Waals surface area contributed by atoms with E-state index >= 15 is 0 Å². The Labute approximate surface area is 180 Å². The zero-order valence-electron chi connectivity index (χ0n) is 17.1. The van der Waals surface area contributed by atoms with Crippen LogP contribution in [0.3, 0.4) is 0 Å². The fourth-order valence-electron chi connectivity index (χ4n) is 3.70. The molecule has 2 aliphatic rings. The van der Waals surface area contributed by atoms with E-state index < -0.39 is 0 Å². The molecule has 1 saturated heterocycles. The summed E-state index contributed by atoms with van der Waals surface area (Å²) < 4.78 is 7.59. The summed E-state index contributed by atoms with van der Waals surface area (Å²) in [6.07, 6.45) is 5.39.